The molecular weight excluding hydrogens is 284 g/mol. The molecule has 0 amide bonds. The topological polar surface area (TPSA) is 87.8 Å². The summed E-state index contributed by atoms with van der Waals surface area (Å²) >= 11 is 0. The zero-order chi connectivity index (χ0) is 15.8. The molecule has 0 N–H and O–H groups in total. The molecule has 1 aliphatic carbocycles. The van der Waals surface area contributed by atoms with Crippen molar-refractivity contribution in [3.05, 3.63) is 33.9 Å². The highest BCUT2D eigenvalue weighted by molar-refractivity contribution is 5.84. The molecule has 0 heterocycles. The molecule has 6 heteroatoms. The van der Waals surface area contributed by atoms with Gasteiger partial charge in [-0.1, -0.05) is 31.1 Å². The minimum Gasteiger partial charge on any atom is -0.872 e. The predicted octanol–water partition coefficient (Wildman–Crippen LogP) is 2.83. The van der Waals surface area contributed by atoms with E-state index in [0.29, 0.717) is 19.3 Å². The van der Waals surface area contributed by atoms with Crippen LogP contribution in [0.4, 0.5) is 5.69 Å². The van der Waals surface area contributed by atoms with Crippen molar-refractivity contribution < 1.29 is 14.8 Å². The van der Waals surface area contributed by atoms with Crippen molar-refractivity contribution in [3.63, 3.8) is 0 Å². The Morgan fingerprint density at radius 2 is 2.09 bits per heavy atom. The van der Waals surface area contributed by atoms with Crippen LogP contribution in [0.5, 0.6) is 5.75 Å². The van der Waals surface area contributed by atoms with Gasteiger partial charge in [-0.15, -0.1) is 0 Å². The summed E-state index contributed by atoms with van der Waals surface area (Å²) in [6, 6.07) is 3.66. The summed E-state index contributed by atoms with van der Waals surface area (Å²) in [5.41, 5.74) is 0.157. The Morgan fingerprint density at radius 3 is 2.82 bits per heavy atom. The number of aliphatic imine (C=N–C) groups is 1. The molecule has 1 saturated carbocycles. The molecule has 0 atom stereocenters. The lowest BCUT2D eigenvalue weighted by atomic mass is 9.98. The van der Waals surface area contributed by atoms with Gasteiger partial charge in [-0.25, -0.2) is 0 Å². The molecule has 1 aromatic rings. The zero-order valence-corrected chi connectivity index (χ0v) is 12.6. The summed E-state index contributed by atoms with van der Waals surface area (Å²) < 4.78 is 5.78. The smallest absolute Gasteiger partial charge is 0.270 e. The van der Waals surface area contributed by atoms with Crippen LogP contribution in [-0.4, -0.2) is 30.4 Å². The van der Waals surface area contributed by atoms with E-state index < -0.39 is 4.92 Å². The van der Waals surface area contributed by atoms with E-state index in [1.807, 2.05) is 0 Å². The van der Waals surface area contributed by atoms with Gasteiger partial charge in [0.2, 0.25) is 0 Å². The highest BCUT2D eigenvalue weighted by Crippen LogP contribution is 2.20. The summed E-state index contributed by atoms with van der Waals surface area (Å²) in [4.78, 5) is 14.3. The van der Waals surface area contributed by atoms with E-state index in [1.54, 1.807) is 0 Å². The fraction of sp³-hybridized carbons (Fsp3) is 0.562. The van der Waals surface area contributed by atoms with Crippen LogP contribution in [0.2, 0.25) is 0 Å². The minimum atomic E-state index is -0.519. The molecule has 0 spiro atoms. The lowest BCUT2D eigenvalue weighted by molar-refractivity contribution is -0.385. The van der Waals surface area contributed by atoms with Gasteiger partial charge in [0, 0.05) is 31.5 Å². The van der Waals surface area contributed by atoms with Crippen molar-refractivity contribution in [1.82, 2.24) is 0 Å². The van der Waals surface area contributed by atoms with Crippen LogP contribution >= 0.6 is 0 Å². The van der Waals surface area contributed by atoms with E-state index in [-0.39, 0.29) is 17.0 Å². The number of benzene rings is 1. The Kier molecular flexibility index (Phi) is 6.33. The molecule has 0 unspecified atom stereocenters. The molecule has 0 radical (unpaired) electrons. The van der Waals surface area contributed by atoms with Gasteiger partial charge < -0.3 is 9.84 Å². The van der Waals surface area contributed by atoms with Gasteiger partial charge in [-0.05, 0) is 24.8 Å². The molecule has 1 fully saturated rings. The number of nitro groups is 1. The van der Waals surface area contributed by atoms with E-state index in [1.165, 1.54) is 43.7 Å². The molecule has 22 heavy (non-hydrogen) atoms. The van der Waals surface area contributed by atoms with Crippen molar-refractivity contribution >= 4 is 11.9 Å². The van der Waals surface area contributed by atoms with Gasteiger partial charge >= 0.3 is 0 Å². The second-order valence-corrected chi connectivity index (χ2v) is 5.50. The normalized spacial score (nSPS) is 16.2. The van der Waals surface area contributed by atoms with Crippen molar-refractivity contribution in [3.8, 4) is 5.75 Å². The first-order valence-corrected chi connectivity index (χ1v) is 7.73. The van der Waals surface area contributed by atoms with Crippen LogP contribution in [0.15, 0.2) is 23.2 Å². The highest BCUT2D eigenvalue weighted by Gasteiger charge is 2.12. The SMILES string of the molecule is O=[N+]([O-])c1ccc([O-])c(C=NCCCOC2CCCCC2)c1. The maximum Gasteiger partial charge on any atom is 0.270 e. The van der Waals surface area contributed by atoms with Crippen LogP contribution in [0, 0.1) is 10.1 Å². The first-order valence-electron chi connectivity index (χ1n) is 7.73. The number of nitrogens with zero attached hydrogens (tertiary/aromatic N) is 2. The predicted molar refractivity (Wildman–Crippen MR) is 82.4 cm³/mol. The van der Waals surface area contributed by atoms with Crippen LogP contribution in [0.25, 0.3) is 0 Å². The Morgan fingerprint density at radius 1 is 1.32 bits per heavy atom. The third-order valence-electron chi connectivity index (χ3n) is 3.77. The third-order valence-corrected chi connectivity index (χ3v) is 3.77. The summed E-state index contributed by atoms with van der Waals surface area (Å²) in [5.74, 6) is -0.257. The number of hydrogen-bond donors (Lipinski definition) is 0. The fourth-order valence-corrected chi connectivity index (χ4v) is 2.55. The second-order valence-electron chi connectivity index (χ2n) is 5.50. The number of ether oxygens (including phenoxy) is 1. The summed E-state index contributed by atoms with van der Waals surface area (Å²) in [6.45, 7) is 1.22. The van der Waals surface area contributed by atoms with Crippen molar-refractivity contribution in [2.24, 2.45) is 4.99 Å². The minimum absolute atomic E-state index is 0.0957. The van der Waals surface area contributed by atoms with Crippen molar-refractivity contribution in [2.45, 2.75) is 44.6 Å². The standard InChI is InChI=1S/C16H22N2O4/c19-16-8-7-14(18(20)21)11-13(16)12-17-9-4-10-22-15-5-2-1-3-6-15/h7-8,11-12,15,19H,1-6,9-10H2/p-1. The van der Waals surface area contributed by atoms with Crippen LogP contribution < -0.4 is 5.11 Å². The molecule has 1 aromatic carbocycles. The van der Waals surface area contributed by atoms with Gasteiger partial charge in [0.15, 0.2) is 0 Å². The van der Waals surface area contributed by atoms with Gasteiger partial charge in [-0.3, -0.25) is 15.1 Å². The summed E-state index contributed by atoms with van der Waals surface area (Å²) in [5, 5.41) is 22.3. The molecule has 0 aromatic heterocycles. The first kappa shape index (κ1) is 16.4. The molecule has 2 rings (SSSR count). The maximum atomic E-state index is 11.6. The largest absolute Gasteiger partial charge is 0.872 e. The molecule has 6 nitrogen and oxygen atoms in total. The molecule has 120 valence electrons. The average Bonchev–Trinajstić information content (AvgIpc) is 2.53. The van der Waals surface area contributed by atoms with Crippen LogP contribution in [-0.2, 0) is 4.74 Å². The lowest BCUT2D eigenvalue weighted by Gasteiger charge is -2.21. The molecule has 1 aliphatic rings. The van der Waals surface area contributed by atoms with E-state index in [4.69, 9.17) is 4.74 Å². The number of nitro benzene ring substituents is 1. The zero-order valence-electron chi connectivity index (χ0n) is 12.6. The quantitative estimate of drug-likeness (QED) is 0.335. The third kappa shape index (κ3) is 5.11. The van der Waals surface area contributed by atoms with E-state index in [2.05, 4.69) is 4.99 Å². The fourth-order valence-electron chi connectivity index (χ4n) is 2.55. The van der Waals surface area contributed by atoms with Crippen LogP contribution in [0.3, 0.4) is 0 Å². The lowest BCUT2D eigenvalue weighted by Crippen LogP contribution is -2.17. The number of non-ortho nitro benzene ring substituents is 1. The molecular formula is C16H21N2O4-. The molecule has 0 saturated heterocycles. The Bertz CT molecular complexity index is 525. The summed E-state index contributed by atoms with van der Waals surface area (Å²) in [7, 11) is 0. The van der Waals surface area contributed by atoms with Gasteiger partial charge in [0.1, 0.15) is 0 Å². The molecule has 0 aliphatic heterocycles. The number of hydrogen-bond acceptors (Lipinski definition) is 5. The molecule has 0 bridgehead atoms. The Hall–Kier alpha value is -1.95. The van der Waals surface area contributed by atoms with Gasteiger partial charge in [0.05, 0.1) is 11.0 Å². The van der Waals surface area contributed by atoms with E-state index >= 15 is 0 Å². The monoisotopic (exact) mass is 305 g/mol. The van der Waals surface area contributed by atoms with Crippen LogP contribution in [0.1, 0.15) is 44.1 Å². The van der Waals surface area contributed by atoms with E-state index in [9.17, 15) is 15.2 Å². The Balaban J connectivity index is 1.73. The van der Waals surface area contributed by atoms with Gasteiger partial charge in [-0.2, -0.15) is 0 Å². The van der Waals surface area contributed by atoms with E-state index in [0.717, 1.165) is 19.3 Å². The highest BCUT2D eigenvalue weighted by atomic mass is 16.6. The average molecular weight is 305 g/mol. The summed E-state index contributed by atoms with van der Waals surface area (Å²) in [6.07, 6.45) is 8.70. The Labute approximate surface area is 130 Å². The number of rotatable bonds is 7. The second kappa shape index (κ2) is 8.48. The first-order chi connectivity index (χ1) is 10.7. The van der Waals surface area contributed by atoms with Crippen molar-refractivity contribution in [1.29, 1.82) is 0 Å². The van der Waals surface area contributed by atoms with Crippen molar-refractivity contribution in [2.75, 3.05) is 13.2 Å². The van der Waals surface area contributed by atoms with Gasteiger partial charge in [0.25, 0.3) is 5.69 Å². The maximum absolute atomic E-state index is 11.6.